The first-order chi connectivity index (χ1) is 7.78. The van der Waals surface area contributed by atoms with Gasteiger partial charge in [-0.1, -0.05) is 12.1 Å². The molecule has 0 radical (unpaired) electrons. The number of carbonyl (C=O) groups is 1. The van der Waals surface area contributed by atoms with Crippen molar-refractivity contribution < 1.29 is 9.53 Å². The van der Waals surface area contributed by atoms with E-state index in [0.717, 1.165) is 12.2 Å². The SMILES string of the molecule is COc1ccc(C[C@H]2CNC(=O)NN2)cc1. The molecule has 1 aromatic carbocycles. The van der Waals surface area contributed by atoms with E-state index in [0.29, 0.717) is 6.54 Å². The van der Waals surface area contributed by atoms with Gasteiger partial charge in [0.05, 0.1) is 7.11 Å². The molecule has 1 aliphatic rings. The Hall–Kier alpha value is -1.75. The quantitative estimate of drug-likeness (QED) is 0.693. The zero-order chi connectivity index (χ0) is 11.4. The van der Waals surface area contributed by atoms with Crippen LogP contribution in [-0.2, 0) is 6.42 Å². The zero-order valence-corrected chi connectivity index (χ0v) is 9.12. The van der Waals surface area contributed by atoms with Crippen molar-refractivity contribution in [1.29, 1.82) is 0 Å². The minimum absolute atomic E-state index is 0.175. The second kappa shape index (κ2) is 4.85. The summed E-state index contributed by atoms with van der Waals surface area (Å²) in [6.45, 7) is 0.637. The number of nitrogens with one attached hydrogen (secondary N) is 3. The van der Waals surface area contributed by atoms with Gasteiger partial charge >= 0.3 is 6.03 Å². The van der Waals surface area contributed by atoms with Crippen molar-refractivity contribution in [3.05, 3.63) is 29.8 Å². The molecule has 86 valence electrons. The first-order valence-electron chi connectivity index (χ1n) is 5.20. The van der Waals surface area contributed by atoms with Gasteiger partial charge in [0, 0.05) is 12.6 Å². The molecule has 3 N–H and O–H groups in total. The normalized spacial score (nSPS) is 19.8. The molecule has 5 nitrogen and oxygen atoms in total. The van der Waals surface area contributed by atoms with Crippen LogP contribution in [0.25, 0.3) is 0 Å². The van der Waals surface area contributed by atoms with Gasteiger partial charge in [-0.25, -0.2) is 10.2 Å². The van der Waals surface area contributed by atoms with Crippen molar-refractivity contribution in [3.63, 3.8) is 0 Å². The van der Waals surface area contributed by atoms with Crippen LogP contribution in [0.4, 0.5) is 4.79 Å². The molecule has 5 heteroatoms. The molecule has 1 atom stereocenters. The molecule has 0 spiro atoms. The van der Waals surface area contributed by atoms with E-state index in [1.54, 1.807) is 7.11 Å². The van der Waals surface area contributed by atoms with Crippen LogP contribution in [0.15, 0.2) is 24.3 Å². The predicted molar refractivity (Wildman–Crippen MR) is 60.2 cm³/mol. The maximum atomic E-state index is 10.8. The van der Waals surface area contributed by atoms with Gasteiger partial charge in [-0.3, -0.25) is 5.43 Å². The summed E-state index contributed by atoms with van der Waals surface area (Å²) in [5.74, 6) is 0.854. The molecule has 1 saturated heterocycles. The molecule has 0 saturated carbocycles. The number of urea groups is 1. The molecular weight excluding hydrogens is 206 g/mol. The van der Waals surface area contributed by atoms with Crippen LogP contribution in [0, 0.1) is 0 Å². The van der Waals surface area contributed by atoms with Crippen molar-refractivity contribution in [3.8, 4) is 5.75 Å². The first kappa shape index (κ1) is 10.8. The van der Waals surface area contributed by atoms with Crippen molar-refractivity contribution in [1.82, 2.24) is 16.2 Å². The fraction of sp³-hybridized carbons (Fsp3) is 0.364. The van der Waals surface area contributed by atoms with E-state index in [1.807, 2.05) is 24.3 Å². The topological polar surface area (TPSA) is 62.4 Å². The van der Waals surface area contributed by atoms with E-state index in [1.165, 1.54) is 5.56 Å². The summed E-state index contributed by atoms with van der Waals surface area (Å²) in [4.78, 5) is 10.8. The Labute approximate surface area is 94.1 Å². The average molecular weight is 221 g/mol. The number of rotatable bonds is 3. The maximum absolute atomic E-state index is 10.8. The second-order valence-corrected chi connectivity index (χ2v) is 3.73. The lowest BCUT2D eigenvalue weighted by molar-refractivity contribution is 0.222. The number of hydrazine groups is 1. The molecule has 0 aromatic heterocycles. The number of benzene rings is 1. The lowest BCUT2D eigenvalue weighted by atomic mass is 10.1. The Morgan fingerprint density at radius 3 is 2.69 bits per heavy atom. The summed E-state index contributed by atoms with van der Waals surface area (Å²) in [7, 11) is 1.65. The maximum Gasteiger partial charge on any atom is 0.329 e. The predicted octanol–water partition coefficient (Wildman–Crippen LogP) is 0.424. The van der Waals surface area contributed by atoms with Gasteiger partial charge in [0.25, 0.3) is 0 Å². The summed E-state index contributed by atoms with van der Waals surface area (Å²) in [6, 6.07) is 7.96. The Morgan fingerprint density at radius 2 is 2.12 bits per heavy atom. The van der Waals surface area contributed by atoms with E-state index in [9.17, 15) is 4.79 Å². The minimum Gasteiger partial charge on any atom is -0.497 e. The molecule has 1 aromatic rings. The van der Waals surface area contributed by atoms with Crippen LogP contribution in [0.2, 0.25) is 0 Å². The molecule has 0 bridgehead atoms. The van der Waals surface area contributed by atoms with Gasteiger partial charge in [0.15, 0.2) is 0 Å². The standard InChI is InChI=1S/C11H15N3O2/c1-16-10-4-2-8(3-5-10)6-9-7-12-11(15)14-13-9/h2-5,9,13H,6-7H2,1H3,(H2,12,14,15)/t9-/m0/s1. The average Bonchev–Trinajstić information content (AvgIpc) is 2.33. The third-order valence-electron chi connectivity index (χ3n) is 2.54. The van der Waals surface area contributed by atoms with E-state index < -0.39 is 0 Å². The highest BCUT2D eigenvalue weighted by atomic mass is 16.5. The third kappa shape index (κ3) is 2.64. The van der Waals surface area contributed by atoms with Crippen LogP contribution in [0.1, 0.15) is 5.56 Å². The number of amides is 2. The molecular formula is C11H15N3O2. The largest absolute Gasteiger partial charge is 0.497 e. The van der Waals surface area contributed by atoms with Crippen LogP contribution >= 0.6 is 0 Å². The molecule has 0 aliphatic carbocycles. The Kier molecular flexibility index (Phi) is 3.26. The molecule has 2 amide bonds. The molecule has 1 aliphatic heterocycles. The number of hydrogen-bond acceptors (Lipinski definition) is 3. The lowest BCUT2D eigenvalue weighted by Crippen LogP contribution is -2.59. The number of ether oxygens (including phenoxy) is 1. The summed E-state index contributed by atoms with van der Waals surface area (Å²) >= 11 is 0. The van der Waals surface area contributed by atoms with Crippen LogP contribution in [0.3, 0.4) is 0 Å². The van der Waals surface area contributed by atoms with E-state index in [4.69, 9.17) is 4.74 Å². The zero-order valence-electron chi connectivity index (χ0n) is 9.12. The van der Waals surface area contributed by atoms with Crippen LogP contribution < -0.4 is 20.9 Å². The Bertz CT molecular complexity index is 354. The van der Waals surface area contributed by atoms with Gasteiger partial charge in [0.1, 0.15) is 5.75 Å². The highest BCUT2D eigenvalue weighted by Gasteiger charge is 2.16. The summed E-state index contributed by atoms with van der Waals surface area (Å²) in [6.07, 6.45) is 0.858. The molecule has 1 fully saturated rings. The molecule has 16 heavy (non-hydrogen) atoms. The Balaban J connectivity index is 1.90. The van der Waals surface area contributed by atoms with E-state index >= 15 is 0 Å². The van der Waals surface area contributed by atoms with Crippen molar-refractivity contribution >= 4 is 6.03 Å². The van der Waals surface area contributed by atoms with Gasteiger partial charge in [0.2, 0.25) is 0 Å². The van der Waals surface area contributed by atoms with Crippen LogP contribution in [0.5, 0.6) is 5.75 Å². The third-order valence-corrected chi connectivity index (χ3v) is 2.54. The number of hydrogen-bond donors (Lipinski definition) is 3. The van der Waals surface area contributed by atoms with Gasteiger partial charge in [-0.2, -0.15) is 0 Å². The molecule has 0 unspecified atom stereocenters. The van der Waals surface area contributed by atoms with Crippen molar-refractivity contribution in [2.45, 2.75) is 12.5 Å². The van der Waals surface area contributed by atoms with E-state index in [-0.39, 0.29) is 12.1 Å². The highest BCUT2D eigenvalue weighted by molar-refractivity contribution is 5.74. The fourth-order valence-corrected chi connectivity index (χ4v) is 1.65. The molecule has 1 heterocycles. The van der Waals surface area contributed by atoms with Crippen molar-refractivity contribution in [2.75, 3.05) is 13.7 Å². The summed E-state index contributed by atoms with van der Waals surface area (Å²) in [5.41, 5.74) is 6.71. The fourth-order valence-electron chi connectivity index (χ4n) is 1.65. The first-order valence-corrected chi connectivity index (χ1v) is 5.20. The number of carbonyl (C=O) groups excluding carboxylic acids is 1. The second-order valence-electron chi connectivity index (χ2n) is 3.73. The lowest BCUT2D eigenvalue weighted by Gasteiger charge is -2.25. The smallest absolute Gasteiger partial charge is 0.329 e. The van der Waals surface area contributed by atoms with E-state index in [2.05, 4.69) is 16.2 Å². The van der Waals surface area contributed by atoms with Gasteiger partial charge in [-0.15, -0.1) is 0 Å². The Morgan fingerprint density at radius 1 is 1.38 bits per heavy atom. The summed E-state index contributed by atoms with van der Waals surface area (Å²) in [5, 5.41) is 2.74. The summed E-state index contributed by atoms with van der Waals surface area (Å²) < 4.78 is 5.09. The van der Waals surface area contributed by atoms with Gasteiger partial charge in [-0.05, 0) is 24.1 Å². The monoisotopic (exact) mass is 221 g/mol. The molecule has 2 rings (SSSR count). The minimum atomic E-state index is -0.175. The number of methoxy groups -OCH3 is 1. The van der Waals surface area contributed by atoms with Crippen LogP contribution in [-0.4, -0.2) is 25.7 Å². The van der Waals surface area contributed by atoms with Gasteiger partial charge < -0.3 is 10.1 Å². The van der Waals surface area contributed by atoms with Crippen molar-refractivity contribution in [2.24, 2.45) is 0 Å². The highest BCUT2D eigenvalue weighted by Crippen LogP contribution is 2.12.